The Labute approximate surface area is 135 Å². The molecule has 0 aliphatic carbocycles. The van der Waals surface area contributed by atoms with E-state index in [-0.39, 0.29) is 12.5 Å². The number of halogens is 1. The molecule has 1 aromatic carbocycles. The first-order chi connectivity index (χ1) is 9.81. The minimum Gasteiger partial charge on any atom is -0.493 e. The maximum absolute atomic E-state index is 11.6. The number of rotatable bonds is 7. The van der Waals surface area contributed by atoms with E-state index in [4.69, 9.17) is 9.47 Å². The van der Waals surface area contributed by atoms with Crippen LogP contribution in [0.2, 0.25) is 0 Å². The van der Waals surface area contributed by atoms with Crippen molar-refractivity contribution in [1.82, 2.24) is 5.32 Å². The van der Waals surface area contributed by atoms with Gasteiger partial charge in [-0.1, -0.05) is 22.9 Å². The first kappa shape index (κ1) is 18.0. The summed E-state index contributed by atoms with van der Waals surface area (Å²) >= 11 is 3.45. The predicted molar refractivity (Wildman–Crippen MR) is 87.5 cm³/mol. The molecule has 0 saturated carbocycles. The molecule has 0 aromatic heterocycles. The normalized spacial score (nSPS) is 11.3. The second kappa shape index (κ2) is 8.39. The summed E-state index contributed by atoms with van der Waals surface area (Å²) in [5, 5.41) is 3.09. The summed E-state index contributed by atoms with van der Waals surface area (Å²) in [4.78, 5) is 11.6. The third kappa shape index (κ3) is 7.48. The molecule has 4 nitrogen and oxygen atoms in total. The molecule has 21 heavy (non-hydrogen) atoms. The van der Waals surface area contributed by atoms with Crippen molar-refractivity contribution >= 4 is 21.9 Å². The lowest BCUT2D eigenvalue weighted by Gasteiger charge is -2.19. The van der Waals surface area contributed by atoms with E-state index >= 15 is 0 Å². The number of hydrogen-bond donors (Lipinski definition) is 1. The van der Waals surface area contributed by atoms with Crippen molar-refractivity contribution in [2.45, 2.75) is 46.3 Å². The average Bonchev–Trinajstić information content (AvgIpc) is 2.35. The van der Waals surface area contributed by atoms with Crippen LogP contribution in [0.1, 0.15) is 39.7 Å². The van der Waals surface area contributed by atoms with Crippen molar-refractivity contribution in [2.75, 3.05) is 13.2 Å². The lowest BCUT2D eigenvalue weighted by molar-refractivity contribution is -0.153. The molecular formula is C16H24BrNO3. The van der Waals surface area contributed by atoms with Gasteiger partial charge in [0, 0.05) is 16.6 Å². The maximum Gasteiger partial charge on any atom is 0.320 e. The molecule has 0 atom stereocenters. The Hall–Kier alpha value is -1.07. The first-order valence-corrected chi connectivity index (χ1v) is 7.95. The van der Waals surface area contributed by atoms with Crippen LogP contribution in [0.5, 0.6) is 5.75 Å². The summed E-state index contributed by atoms with van der Waals surface area (Å²) in [6, 6.07) is 5.87. The molecule has 0 unspecified atom stereocenters. The third-order valence-corrected chi connectivity index (χ3v) is 2.98. The van der Waals surface area contributed by atoms with Crippen molar-refractivity contribution in [2.24, 2.45) is 0 Å². The van der Waals surface area contributed by atoms with Gasteiger partial charge in [-0.2, -0.15) is 0 Å². The molecule has 0 spiro atoms. The Morgan fingerprint density at radius 3 is 2.67 bits per heavy atom. The van der Waals surface area contributed by atoms with E-state index in [0.29, 0.717) is 13.2 Å². The molecular weight excluding hydrogens is 334 g/mol. The van der Waals surface area contributed by atoms with E-state index in [2.05, 4.69) is 28.2 Å². The van der Waals surface area contributed by atoms with Gasteiger partial charge in [-0.05, 0) is 45.4 Å². The SMILES string of the molecule is CCCOc1ccc(Br)cc1CNCC(=O)OC(C)(C)C. The van der Waals surface area contributed by atoms with Crippen LogP contribution in [0.25, 0.3) is 0 Å². The fourth-order valence-electron chi connectivity index (χ4n) is 1.72. The molecule has 1 N–H and O–H groups in total. The third-order valence-electron chi connectivity index (χ3n) is 2.49. The van der Waals surface area contributed by atoms with Crippen molar-refractivity contribution in [3.63, 3.8) is 0 Å². The monoisotopic (exact) mass is 357 g/mol. The van der Waals surface area contributed by atoms with E-state index < -0.39 is 5.60 Å². The Morgan fingerprint density at radius 1 is 1.33 bits per heavy atom. The molecule has 5 heteroatoms. The summed E-state index contributed by atoms with van der Waals surface area (Å²) in [6.45, 7) is 9.05. The number of carbonyl (C=O) groups is 1. The smallest absolute Gasteiger partial charge is 0.320 e. The number of carbonyl (C=O) groups excluding carboxylic acids is 1. The van der Waals surface area contributed by atoms with Gasteiger partial charge in [-0.25, -0.2) is 0 Å². The zero-order valence-electron chi connectivity index (χ0n) is 13.2. The van der Waals surface area contributed by atoms with E-state index in [0.717, 1.165) is 22.2 Å². The Kier molecular flexibility index (Phi) is 7.18. The molecule has 0 heterocycles. The molecule has 118 valence electrons. The van der Waals surface area contributed by atoms with Crippen LogP contribution >= 0.6 is 15.9 Å². The van der Waals surface area contributed by atoms with E-state index in [1.807, 2.05) is 39.0 Å². The van der Waals surface area contributed by atoms with Crippen LogP contribution in [-0.4, -0.2) is 24.7 Å². The van der Waals surface area contributed by atoms with Gasteiger partial charge in [0.25, 0.3) is 0 Å². The number of ether oxygens (including phenoxy) is 2. The van der Waals surface area contributed by atoms with Gasteiger partial charge < -0.3 is 14.8 Å². The topological polar surface area (TPSA) is 47.6 Å². The highest BCUT2D eigenvalue weighted by Crippen LogP contribution is 2.23. The Bertz CT molecular complexity index is 469. The zero-order chi connectivity index (χ0) is 15.9. The lowest BCUT2D eigenvalue weighted by atomic mass is 10.2. The number of hydrogen-bond acceptors (Lipinski definition) is 4. The molecule has 0 radical (unpaired) electrons. The number of nitrogens with one attached hydrogen (secondary N) is 1. The van der Waals surface area contributed by atoms with E-state index in [1.165, 1.54) is 0 Å². The van der Waals surface area contributed by atoms with Crippen molar-refractivity contribution < 1.29 is 14.3 Å². The summed E-state index contributed by atoms with van der Waals surface area (Å²) in [5.74, 6) is 0.588. The van der Waals surface area contributed by atoms with Crippen LogP contribution in [0.3, 0.4) is 0 Å². The Morgan fingerprint density at radius 2 is 2.05 bits per heavy atom. The largest absolute Gasteiger partial charge is 0.493 e. The quantitative estimate of drug-likeness (QED) is 0.756. The highest BCUT2D eigenvalue weighted by Gasteiger charge is 2.15. The molecule has 1 rings (SSSR count). The van der Waals surface area contributed by atoms with Gasteiger partial charge >= 0.3 is 5.97 Å². The fraction of sp³-hybridized carbons (Fsp3) is 0.562. The minimum atomic E-state index is -0.454. The zero-order valence-corrected chi connectivity index (χ0v) is 14.7. The standard InChI is InChI=1S/C16H24BrNO3/c1-5-8-20-14-7-6-13(17)9-12(14)10-18-11-15(19)21-16(2,3)4/h6-7,9,18H,5,8,10-11H2,1-4H3. The van der Waals surface area contributed by atoms with Gasteiger partial charge in [-0.3, -0.25) is 4.79 Å². The van der Waals surface area contributed by atoms with Gasteiger partial charge in [0.1, 0.15) is 11.4 Å². The molecule has 1 aromatic rings. The van der Waals surface area contributed by atoms with Crippen LogP contribution in [0.15, 0.2) is 22.7 Å². The number of esters is 1. The first-order valence-electron chi connectivity index (χ1n) is 7.15. The summed E-state index contributed by atoms with van der Waals surface area (Å²) in [6.07, 6.45) is 0.959. The van der Waals surface area contributed by atoms with Gasteiger partial charge in [0.15, 0.2) is 0 Å². The second-order valence-electron chi connectivity index (χ2n) is 5.79. The van der Waals surface area contributed by atoms with E-state index in [9.17, 15) is 4.79 Å². The minimum absolute atomic E-state index is 0.178. The van der Waals surface area contributed by atoms with Gasteiger partial charge in [0.2, 0.25) is 0 Å². The summed E-state index contributed by atoms with van der Waals surface area (Å²) in [5.41, 5.74) is 0.561. The van der Waals surface area contributed by atoms with Crippen LogP contribution in [0.4, 0.5) is 0 Å². The molecule has 0 bridgehead atoms. The predicted octanol–water partition coefficient (Wildman–Crippen LogP) is 3.67. The highest BCUT2D eigenvalue weighted by molar-refractivity contribution is 9.10. The second-order valence-corrected chi connectivity index (χ2v) is 6.71. The molecule has 0 aliphatic rings. The van der Waals surface area contributed by atoms with Crippen LogP contribution in [0, 0.1) is 0 Å². The molecule has 0 amide bonds. The summed E-state index contributed by atoms with van der Waals surface area (Å²) < 4.78 is 11.9. The fourth-order valence-corrected chi connectivity index (χ4v) is 2.12. The molecule has 0 saturated heterocycles. The maximum atomic E-state index is 11.6. The van der Waals surface area contributed by atoms with Gasteiger partial charge in [-0.15, -0.1) is 0 Å². The number of benzene rings is 1. The van der Waals surface area contributed by atoms with Crippen molar-refractivity contribution in [3.05, 3.63) is 28.2 Å². The molecule has 0 fully saturated rings. The molecule has 0 aliphatic heterocycles. The van der Waals surface area contributed by atoms with Gasteiger partial charge in [0.05, 0.1) is 13.2 Å². The Balaban J connectivity index is 2.54. The lowest BCUT2D eigenvalue weighted by Crippen LogP contribution is -2.31. The average molecular weight is 358 g/mol. The summed E-state index contributed by atoms with van der Waals surface area (Å²) in [7, 11) is 0. The van der Waals surface area contributed by atoms with Crippen LogP contribution < -0.4 is 10.1 Å². The van der Waals surface area contributed by atoms with Crippen molar-refractivity contribution in [3.8, 4) is 5.75 Å². The van der Waals surface area contributed by atoms with E-state index in [1.54, 1.807) is 0 Å². The van der Waals surface area contributed by atoms with Crippen molar-refractivity contribution in [1.29, 1.82) is 0 Å². The highest BCUT2D eigenvalue weighted by atomic mass is 79.9. The van der Waals surface area contributed by atoms with Crippen LogP contribution in [-0.2, 0) is 16.1 Å².